The van der Waals surface area contributed by atoms with Gasteiger partial charge in [0.15, 0.2) is 0 Å². The molecule has 80 valence electrons. The molecule has 0 unspecified atom stereocenters. The summed E-state index contributed by atoms with van der Waals surface area (Å²) in [6.45, 7) is 0. The molecule has 0 N–H and O–H groups in total. The minimum Gasteiger partial charge on any atom is -0.282 e. The molecule has 0 saturated heterocycles. The highest BCUT2D eigenvalue weighted by Crippen LogP contribution is 2.30. The van der Waals surface area contributed by atoms with Crippen LogP contribution in [0.15, 0.2) is 64.4 Å². The fourth-order valence-electron chi connectivity index (χ4n) is 1.35. The molecule has 2 rings (SSSR count). The van der Waals surface area contributed by atoms with Crippen LogP contribution in [0, 0.1) is 0 Å². The van der Waals surface area contributed by atoms with Crippen LogP contribution in [0.3, 0.4) is 0 Å². The van der Waals surface area contributed by atoms with Crippen molar-refractivity contribution >= 4 is 29.5 Å². The van der Waals surface area contributed by atoms with Gasteiger partial charge in [-0.05, 0) is 24.3 Å². The van der Waals surface area contributed by atoms with Gasteiger partial charge in [-0.15, -0.1) is 12.6 Å². The normalized spacial score (nSPS) is 10.1. The van der Waals surface area contributed by atoms with E-state index in [1.165, 1.54) is 0 Å². The fraction of sp³-hybridized carbons (Fsp3) is 0. The van der Waals surface area contributed by atoms with E-state index < -0.39 is 0 Å². The summed E-state index contributed by atoms with van der Waals surface area (Å²) in [5.41, 5.74) is 0.652. The monoisotopic (exact) mass is 246 g/mol. The number of hydrogen-bond donors (Lipinski definition) is 1. The number of hydrogen-bond acceptors (Lipinski definition) is 2. The lowest BCUT2D eigenvalue weighted by molar-refractivity contribution is 0.108. The Bertz CT molecular complexity index is 494. The second kappa shape index (κ2) is 5.23. The molecule has 0 radical (unpaired) electrons. The highest BCUT2D eigenvalue weighted by atomic mass is 32.2. The van der Waals surface area contributed by atoms with Crippen molar-refractivity contribution in [2.24, 2.45) is 0 Å². The quantitative estimate of drug-likeness (QED) is 0.827. The first-order valence-electron chi connectivity index (χ1n) is 4.82. The third-order valence-corrected chi connectivity index (χ3v) is 3.41. The number of rotatable bonds is 3. The largest absolute Gasteiger partial charge is 0.282 e. The molecule has 0 aliphatic heterocycles. The Hall–Kier alpha value is -1.19. The predicted octanol–water partition coefficient (Wildman–Crippen LogP) is 3.91. The summed E-state index contributed by atoms with van der Waals surface area (Å²) in [5.74, 6) is 0. The number of thiol groups is 1. The van der Waals surface area contributed by atoms with Gasteiger partial charge in [-0.1, -0.05) is 42.1 Å². The van der Waals surface area contributed by atoms with Crippen molar-refractivity contribution in [1.29, 1.82) is 0 Å². The van der Waals surface area contributed by atoms with Crippen molar-refractivity contribution in [1.82, 2.24) is 0 Å². The van der Waals surface area contributed by atoms with Crippen molar-refractivity contribution in [3.05, 3.63) is 60.2 Å². The predicted molar refractivity (Wildman–Crippen MR) is 70.3 cm³/mol. The summed E-state index contributed by atoms with van der Waals surface area (Å²) >= 11 is 5.44. The van der Waals surface area contributed by atoms with E-state index in [1.807, 2.05) is 48.5 Å². The Morgan fingerprint density at radius 1 is 0.938 bits per heavy atom. The van der Waals surface area contributed by atoms with Crippen molar-refractivity contribution < 1.29 is 4.79 Å². The first kappa shape index (κ1) is 11.3. The van der Waals surface area contributed by atoms with Crippen molar-refractivity contribution in [2.45, 2.75) is 9.79 Å². The van der Waals surface area contributed by atoms with Crippen molar-refractivity contribution in [3.8, 4) is 0 Å². The molecule has 0 heterocycles. The Kier molecular flexibility index (Phi) is 3.70. The van der Waals surface area contributed by atoms with E-state index in [0.717, 1.165) is 9.79 Å². The second-order valence-electron chi connectivity index (χ2n) is 3.22. The summed E-state index contributed by atoms with van der Waals surface area (Å²) in [6.07, 6.45) is 0. The molecule has 0 spiro atoms. The van der Waals surface area contributed by atoms with E-state index >= 15 is 0 Å². The number of carbonyl (C=O) groups excluding carboxylic acids is 1. The van der Waals surface area contributed by atoms with Crippen LogP contribution in [0.4, 0.5) is 0 Å². The Morgan fingerprint density at radius 2 is 1.56 bits per heavy atom. The molecule has 0 saturated carbocycles. The minimum atomic E-state index is -0.195. The Morgan fingerprint density at radius 3 is 2.25 bits per heavy atom. The van der Waals surface area contributed by atoms with Gasteiger partial charge in [0.1, 0.15) is 0 Å². The van der Waals surface area contributed by atoms with E-state index in [-0.39, 0.29) is 5.12 Å². The lowest BCUT2D eigenvalue weighted by atomic mass is 10.2. The maximum Gasteiger partial charge on any atom is 0.217 e. The van der Waals surface area contributed by atoms with E-state index in [4.69, 9.17) is 0 Å². The number of benzene rings is 2. The van der Waals surface area contributed by atoms with Crippen LogP contribution in [-0.4, -0.2) is 5.12 Å². The topological polar surface area (TPSA) is 17.1 Å². The van der Waals surface area contributed by atoms with Crippen molar-refractivity contribution in [3.63, 3.8) is 0 Å². The van der Waals surface area contributed by atoms with E-state index in [9.17, 15) is 4.79 Å². The second-order valence-corrected chi connectivity index (χ2v) is 4.74. The average molecular weight is 246 g/mol. The highest BCUT2D eigenvalue weighted by molar-refractivity contribution is 8.00. The van der Waals surface area contributed by atoms with Gasteiger partial charge in [-0.25, -0.2) is 0 Å². The van der Waals surface area contributed by atoms with Crippen molar-refractivity contribution in [2.75, 3.05) is 0 Å². The first-order valence-corrected chi connectivity index (χ1v) is 6.09. The molecular formula is C13H10OS2. The molecule has 3 heteroatoms. The van der Waals surface area contributed by atoms with Crippen LogP contribution in [0.25, 0.3) is 0 Å². The van der Waals surface area contributed by atoms with E-state index in [0.29, 0.717) is 5.56 Å². The summed E-state index contributed by atoms with van der Waals surface area (Å²) in [6, 6.07) is 17.5. The minimum absolute atomic E-state index is 0.195. The summed E-state index contributed by atoms with van der Waals surface area (Å²) in [7, 11) is 0. The third kappa shape index (κ3) is 2.68. The highest BCUT2D eigenvalue weighted by Gasteiger charge is 2.07. The van der Waals surface area contributed by atoms with Gasteiger partial charge in [0.25, 0.3) is 0 Å². The van der Waals surface area contributed by atoms with Crippen LogP contribution >= 0.6 is 24.4 Å². The van der Waals surface area contributed by atoms with Gasteiger partial charge in [-0.3, -0.25) is 4.79 Å². The molecule has 0 atom stereocenters. The van der Waals surface area contributed by atoms with E-state index in [2.05, 4.69) is 12.6 Å². The third-order valence-electron chi connectivity index (χ3n) is 2.09. The molecule has 1 nitrogen and oxygen atoms in total. The molecule has 0 amide bonds. The van der Waals surface area contributed by atoms with Crippen LogP contribution in [0.2, 0.25) is 0 Å². The Balaban J connectivity index is 2.31. The molecule has 2 aromatic carbocycles. The maximum atomic E-state index is 11.3. The van der Waals surface area contributed by atoms with Gasteiger partial charge in [0.05, 0.1) is 0 Å². The molecule has 0 aliphatic carbocycles. The first-order chi connectivity index (χ1) is 7.77. The summed E-state index contributed by atoms with van der Waals surface area (Å²) in [4.78, 5) is 13.4. The van der Waals surface area contributed by atoms with Crippen LogP contribution in [0.1, 0.15) is 10.4 Å². The summed E-state index contributed by atoms with van der Waals surface area (Å²) in [5, 5.41) is -0.195. The SMILES string of the molecule is O=C(S)c1ccccc1Sc1ccccc1. The van der Waals surface area contributed by atoms with Gasteiger partial charge in [0.2, 0.25) is 5.12 Å². The van der Waals surface area contributed by atoms with Gasteiger partial charge >= 0.3 is 0 Å². The molecule has 16 heavy (non-hydrogen) atoms. The zero-order chi connectivity index (χ0) is 11.4. The molecule has 2 aromatic rings. The standard InChI is InChI=1S/C13H10OS2/c14-13(15)11-8-4-5-9-12(11)16-10-6-2-1-3-7-10/h1-9H,(H,14,15). The molecule has 0 fully saturated rings. The van der Waals surface area contributed by atoms with Gasteiger partial charge in [-0.2, -0.15) is 0 Å². The fourth-order valence-corrected chi connectivity index (χ4v) is 2.58. The Labute approximate surface area is 104 Å². The molecule has 0 bridgehead atoms. The smallest absolute Gasteiger partial charge is 0.217 e. The maximum absolute atomic E-state index is 11.3. The lowest BCUT2D eigenvalue weighted by Crippen LogP contribution is -1.91. The lowest BCUT2D eigenvalue weighted by Gasteiger charge is -2.05. The van der Waals surface area contributed by atoms with Gasteiger partial charge in [0, 0.05) is 15.4 Å². The molecular weight excluding hydrogens is 236 g/mol. The molecule has 0 aromatic heterocycles. The van der Waals surface area contributed by atoms with Crippen LogP contribution < -0.4 is 0 Å². The van der Waals surface area contributed by atoms with Crippen LogP contribution in [0.5, 0.6) is 0 Å². The van der Waals surface area contributed by atoms with Gasteiger partial charge < -0.3 is 0 Å². The average Bonchev–Trinajstić information content (AvgIpc) is 2.31. The zero-order valence-electron chi connectivity index (χ0n) is 8.46. The van der Waals surface area contributed by atoms with Crippen LogP contribution in [-0.2, 0) is 0 Å². The summed E-state index contributed by atoms with van der Waals surface area (Å²) < 4.78 is 0. The number of carbonyl (C=O) groups is 1. The molecule has 0 aliphatic rings. The van der Waals surface area contributed by atoms with E-state index in [1.54, 1.807) is 17.8 Å². The zero-order valence-corrected chi connectivity index (χ0v) is 10.2.